The summed E-state index contributed by atoms with van der Waals surface area (Å²) in [6.45, 7) is 1.58. The van der Waals surface area contributed by atoms with E-state index in [-0.39, 0.29) is 36.8 Å². The van der Waals surface area contributed by atoms with Gasteiger partial charge in [0.2, 0.25) is 11.8 Å². The number of likely N-dealkylation sites (N-methyl/N-ethyl adjacent to an activating group) is 1. The number of benzene rings is 1. The van der Waals surface area contributed by atoms with E-state index in [0.717, 1.165) is 0 Å². The quantitative estimate of drug-likeness (QED) is 0.815. The number of nitrogens with zero attached hydrogens (tertiary/aromatic N) is 2. The van der Waals surface area contributed by atoms with Gasteiger partial charge in [0.25, 0.3) is 0 Å². The van der Waals surface area contributed by atoms with Crippen LogP contribution in [0.1, 0.15) is 11.1 Å². The van der Waals surface area contributed by atoms with Crippen molar-refractivity contribution in [3.8, 4) is 0 Å². The first kappa shape index (κ1) is 20.4. The fraction of sp³-hybridized carbons (Fsp3) is 0.529. The number of carbonyl (C=O) groups is 2. The normalized spacial score (nSPS) is 15.9. The molecule has 1 N–H and O–H groups in total. The molecule has 2 amide bonds. The van der Waals surface area contributed by atoms with Gasteiger partial charge in [-0.05, 0) is 17.5 Å². The van der Waals surface area contributed by atoms with Crippen LogP contribution in [0.3, 0.4) is 0 Å². The van der Waals surface area contributed by atoms with Crippen LogP contribution in [-0.4, -0.2) is 68.6 Å². The SMILES string of the molecule is COCCN(CC(=O)N(C)C)C(=O)C1Cc2ccccc2CN1.Cl. The molecule has 6 nitrogen and oxygen atoms in total. The summed E-state index contributed by atoms with van der Waals surface area (Å²) < 4.78 is 5.07. The van der Waals surface area contributed by atoms with Crippen LogP contribution in [0.15, 0.2) is 24.3 Å². The van der Waals surface area contributed by atoms with Gasteiger partial charge in [-0.25, -0.2) is 0 Å². The third kappa shape index (κ3) is 5.19. The predicted molar refractivity (Wildman–Crippen MR) is 95.2 cm³/mol. The highest BCUT2D eigenvalue weighted by molar-refractivity contribution is 5.87. The molecule has 24 heavy (non-hydrogen) atoms. The summed E-state index contributed by atoms with van der Waals surface area (Å²) in [5.74, 6) is -0.141. The van der Waals surface area contributed by atoms with Crippen LogP contribution in [0, 0.1) is 0 Å². The summed E-state index contributed by atoms with van der Waals surface area (Å²) in [4.78, 5) is 27.9. The Morgan fingerprint density at radius 1 is 1.25 bits per heavy atom. The number of hydrogen-bond donors (Lipinski definition) is 1. The van der Waals surface area contributed by atoms with Gasteiger partial charge < -0.3 is 19.9 Å². The number of methoxy groups -OCH3 is 1. The first-order valence-electron chi connectivity index (χ1n) is 7.81. The lowest BCUT2D eigenvalue weighted by Crippen LogP contribution is -2.52. The van der Waals surface area contributed by atoms with Crippen LogP contribution in [0.5, 0.6) is 0 Å². The lowest BCUT2D eigenvalue weighted by molar-refractivity contribution is -0.141. The maximum absolute atomic E-state index is 12.8. The van der Waals surface area contributed by atoms with Crippen molar-refractivity contribution < 1.29 is 14.3 Å². The number of hydrogen-bond acceptors (Lipinski definition) is 4. The van der Waals surface area contributed by atoms with E-state index < -0.39 is 0 Å². The van der Waals surface area contributed by atoms with Crippen molar-refractivity contribution >= 4 is 24.2 Å². The second-order valence-electron chi connectivity index (χ2n) is 5.95. The summed E-state index contributed by atoms with van der Waals surface area (Å²) >= 11 is 0. The van der Waals surface area contributed by atoms with Crippen molar-refractivity contribution in [1.82, 2.24) is 15.1 Å². The van der Waals surface area contributed by atoms with Crippen LogP contribution in [-0.2, 0) is 27.3 Å². The van der Waals surface area contributed by atoms with Crippen LogP contribution in [0.2, 0.25) is 0 Å². The fourth-order valence-electron chi connectivity index (χ4n) is 2.62. The van der Waals surface area contributed by atoms with E-state index in [1.165, 1.54) is 16.0 Å². The Labute approximate surface area is 149 Å². The van der Waals surface area contributed by atoms with Crippen molar-refractivity contribution in [1.29, 1.82) is 0 Å². The molecule has 0 saturated heterocycles. The van der Waals surface area contributed by atoms with Crippen LogP contribution in [0.4, 0.5) is 0 Å². The summed E-state index contributed by atoms with van der Waals surface area (Å²) in [5.41, 5.74) is 2.42. The van der Waals surface area contributed by atoms with Crippen molar-refractivity contribution in [3.63, 3.8) is 0 Å². The maximum atomic E-state index is 12.8. The molecular formula is C17H26ClN3O3. The Hall–Kier alpha value is -1.63. The highest BCUT2D eigenvalue weighted by atomic mass is 35.5. The molecule has 1 aliphatic heterocycles. The van der Waals surface area contributed by atoms with E-state index in [1.807, 2.05) is 12.1 Å². The summed E-state index contributed by atoms with van der Waals surface area (Å²) in [7, 11) is 4.97. The van der Waals surface area contributed by atoms with Crippen molar-refractivity contribution in [2.75, 3.05) is 40.9 Å². The van der Waals surface area contributed by atoms with Gasteiger partial charge in [-0.15, -0.1) is 12.4 Å². The number of carbonyl (C=O) groups excluding carboxylic acids is 2. The van der Waals surface area contributed by atoms with E-state index in [2.05, 4.69) is 17.4 Å². The maximum Gasteiger partial charge on any atom is 0.241 e. The Bertz CT molecular complexity index is 566. The van der Waals surface area contributed by atoms with Gasteiger partial charge in [-0.2, -0.15) is 0 Å². The monoisotopic (exact) mass is 355 g/mol. The van der Waals surface area contributed by atoms with Crippen LogP contribution in [0.25, 0.3) is 0 Å². The van der Waals surface area contributed by atoms with E-state index in [4.69, 9.17) is 4.74 Å². The van der Waals surface area contributed by atoms with E-state index in [0.29, 0.717) is 26.1 Å². The number of rotatable bonds is 6. The molecule has 0 radical (unpaired) electrons. The third-order valence-electron chi connectivity index (χ3n) is 4.08. The largest absolute Gasteiger partial charge is 0.383 e. The van der Waals surface area contributed by atoms with Gasteiger partial charge in [-0.1, -0.05) is 24.3 Å². The molecular weight excluding hydrogens is 330 g/mol. The lowest BCUT2D eigenvalue weighted by atomic mass is 9.95. The second kappa shape index (κ2) is 9.61. The molecule has 134 valence electrons. The zero-order valence-electron chi connectivity index (χ0n) is 14.4. The molecule has 0 aliphatic carbocycles. The molecule has 0 fully saturated rings. The number of nitrogens with one attached hydrogen (secondary N) is 1. The van der Waals surface area contributed by atoms with Crippen LogP contribution < -0.4 is 5.32 Å². The highest BCUT2D eigenvalue weighted by Crippen LogP contribution is 2.17. The highest BCUT2D eigenvalue weighted by Gasteiger charge is 2.29. The lowest BCUT2D eigenvalue weighted by Gasteiger charge is -2.31. The van der Waals surface area contributed by atoms with E-state index >= 15 is 0 Å². The molecule has 1 heterocycles. The zero-order chi connectivity index (χ0) is 16.8. The van der Waals surface area contributed by atoms with Crippen molar-refractivity contribution in [2.45, 2.75) is 19.0 Å². The van der Waals surface area contributed by atoms with Gasteiger partial charge in [-0.3, -0.25) is 9.59 Å². The molecule has 1 aliphatic rings. The first-order valence-corrected chi connectivity index (χ1v) is 7.81. The van der Waals surface area contributed by atoms with Gasteiger partial charge in [0, 0.05) is 34.3 Å². The minimum absolute atomic E-state index is 0. The van der Waals surface area contributed by atoms with Gasteiger partial charge in [0.1, 0.15) is 0 Å². The predicted octanol–water partition coefficient (Wildman–Crippen LogP) is 0.686. The smallest absolute Gasteiger partial charge is 0.241 e. The summed E-state index contributed by atoms with van der Waals surface area (Å²) in [6, 6.07) is 7.83. The molecule has 0 bridgehead atoms. The summed E-state index contributed by atoms with van der Waals surface area (Å²) in [5, 5.41) is 3.28. The standard InChI is InChI=1S/C17H25N3O3.ClH/c1-19(2)16(21)12-20(8-9-23-3)17(22)15-10-13-6-4-5-7-14(13)11-18-15;/h4-7,15,18H,8-12H2,1-3H3;1H. The zero-order valence-corrected chi connectivity index (χ0v) is 15.3. The Morgan fingerprint density at radius 2 is 1.92 bits per heavy atom. The summed E-state index contributed by atoms with van der Waals surface area (Å²) in [6.07, 6.45) is 0.647. The topological polar surface area (TPSA) is 61.9 Å². The van der Waals surface area contributed by atoms with Crippen LogP contribution >= 0.6 is 12.4 Å². The number of ether oxygens (including phenoxy) is 1. The second-order valence-corrected chi connectivity index (χ2v) is 5.95. The Balaban J connectivity index is 0.00000288. The molecule has 0 saturated carbocycles. The number of amides is 2. The molecule has 1 aromatic carbocycles. The van der Waals surface area contributed by atoms with Gasteiger partial charge >= 0.3 is 0 Å². The molecule has 1 unspecified atom stereocenters. The average Bonchev–Trinajstić information content (AvgIpc) is 2.57. The Kier molecular flexibility index (Phi) is 8.18. The van der Waals surface area contributed by atoms with E-state index in [1.54, 1.807) is 26.1 Å². The molecule has 7 heteroatoms. The number of fused-ring (bicyclic) bond motifs is 1. The number of halogens is 1. The molecule has 0 aromatic heterocycles. The minimum atomic E-state index is -0.295. The van der Waals surface area contributed by atoms with Gasteiger partial charge in [0.05, 0.1) is 19.2 Å². The third-order valence-corrected chi connectivity index (χ3v) is 4.08. The minimum Gasteiger partial charge on any atom is -0.383 e. The average molecular weight is 356 g/mol. The first-order chi connectivity index (χ1) is 11.0. The molecule has 1 atom stereocenters. The molecule has 0 spiro atoms. The van der Waals surface area contributed by atoms with Gasteiger partial charge in [0.15, 0.2) is 0 Å². The Morgan fingerprint density at radius 3 is 2.54 bits per heavy atom. The molecule has 1 aromatic rings. The van der Waals surface area contributed by atoms with Crippen molar-refractivity contribution in [3.05, 3.63) is 35.4 Å². The van der Waals surface area contributed by atoms with Crippen molar-refractivity contribution in [2.24, 2.45) is 0 Å². The van der Waals surface area contributed by atoms with E-state index in [9.17, 15) is 9.59 Å². The fourth-order valence-corrected chi connectivity index (χ4v) is 2.62. The molecule has 2 rings (SSSR count).